The van der Waals surface area contributed by atoms with E-state index in [0.29, 0.717) is 33.9 Å². The second-order valence-electron chi connectivity index (χ2n) is 8.38. The van der Waals surface area contributed by atoms with E-state index in [1.807, 2.05) is 0 Å². The van der Waals surface area contributed by atoms with Crippen LogP contribution in [-0.2, 0) is 0 Å². The van der Waals surface area contributed by atoms with Crippen LogP contribution >= 0.6 is 0 Å². The summed E-state index contributed by atoms with van der Waals surface area (Å²) in [5.41, 5.74) is 1.49. The summed E-state index contributed by atoms with van der Waals surface area (Å²) >= 11 is 0. The number of aryl methyl sites for hydroxylation is 1. The maximum atomic E-state index is 12.6. The van der Waals surface area contributed by atoms with Crippen molar-refractivity contribution < 1.29 is 28.5 Å². The molecule has 6 heteroatoms. The number of unbranched alkanes of at least 4 members (excludes halogenated alkanes) is 2. The molecule has 0 saturated carbocycles. The zero-order valence-electron chi connectivity index (χ0n) is 20.7. The minimum atomic E-state index is -0.487. The van der Waals surface area contributed by atoms with Gasteiger partial charge in [-0.3, -0.25) is 0 Å². The van der Waals surface area contributed by atoms with Gasteiger partial charge in [0.1, 0.15) is 23.0 Å². The molecule has 0 fully saturated rings. The molecule has 0 bridgehead atoms. The summed E-state index contributed by atoms with van der Waals surface area (Å²) in [6.07, 6.45) is 4.65. The van der Waals surface area contributed by atoms with E-state index < -0.39 is 11.9 Å². The molecule has 3 rings (SSSR count). The van der Waals surface area contributed by atoms with Crippen molar-refractivity contribution in [2.24, 2.45) is 0 Å². The summed E-state index contributed by atoms with van der Waals surface area (Å²) in [5.74, 6) is 1.17. The molecule has 0 spiro atoms. The van der Waals surface area contributed by atoms with Crippen molar-refractivity contribution in [3.05, 3.63) is 83.4 Å². The quantitative estimate of drug-likeness (QED) is 0.172. The lowest BCUT2D eigenvalue weighted by Crippen LogP contribution is -2.12. The highest BCUT2D eigenvalue weighted by Crippen LogP contribution is 2.26. The van der Waals surface area contributed by atoms with Gasteiger partial charge in [0.2, 0.25) is 0 Å². The first kappa shape index (κ1) is 25.8. The molecular weight excluding hydrogens is 444 g/mol. The number of benzene rings is 3. The number of hydrogen-bond acceptors (Lipinski definition) is 6. The zero-order valence-corrected chi connectivity index (χ0v) is 20.7. The third-order valence-corrected chi connectivity index (χ3v) is 5.53. The molecule has 0 heterocycles. The van der Waals surface area contributed by atoms with Crippen molar-refractivity contribution in [1.29, 1.82) is 0 Å². The second-order valence-corrected chi connectivity index (χ2v) is 8.38. The van der Waals surface area contributed by atoms with Gasteiger partial charge in [0, 0.05) is 0 Å². The Balaban J connectivity index is 1.56. The maximum Gasteiger partial charge on any atom is 0.343 e. The van der Waals surface area contributed by atoms with Gasteiger partial charge in [-0.05, 0) is 99.0 Å². The minimum absolute atomic E-state index is 0.124. The second kappa shape index (κ2) is 12.6. The number of carbonyl (C=O) groups excluding carboxylic acids is 2. The van der Waals surface area contributed by atoms with E-state index in [2.05, 4.69) is 13.8 Å². The van der Waals surface area contributed by atoms with Crippen molar-refractivity contribution in [1.82, 2.24) is 0 Å². The number of hydrogen-bond donors (Lipinski definition) is 0. The summed E-state index contributed by atoms with van der Waals surface area (Å²) in [4.78, 5) is 25.0. The van der Waals surface area contributed by atoms with Crippen LogP contribution in [0.2, 0.25) is 0 Å². The number of methoxy groups -OCH3 is 1. The molecule has 0 amide bonds. The van der Waals surface area contributed by atoms with E-state index in [0.717, 1.165) is 18.6 Å². The first-order valence-electron chi connectivity index (χ1n) is 11.9. The fraction of sp³-hybridized carbons (Fsp3) is 0.310. The first-order valence-corrected chi connectivity index (χ1v) is 11.9. The van der Waals surface area contributed by atoms with E-state index >= 15 is 0 Å². The Bertz CT molecular complexity index is 1120. The van der Waals surface area contributed by atoms with E-state index in [1.54, 1.807) is 80.8 Å². The molecule has 1 atom stereocenters. The smallest absolute Gasteiger partial charge is 0.343 e. The van der Waals surface area contributed by atoms with Crippen molar-refractivity contribution >= 4 is 11.9 Å². The van der Waals surface area contributed by atoms with Crippen molar-refractivity contribution in [3.63, 3.8) is 0 Å². The van der Waals surface area contributed by atoms with E-state index in [9.17, 15) is 9.59 Å². The van der Waals surface area contributed by atoms with Gasteiger partial charge in [0.25, 0.3) is 0 Å². The van der Waals surface area contributed by atoms with Gasteiger partial charge in [-0.25, -0.2) is 9.59 Å². The van der Waals surface area contributed by atoms with E-state index in [1.165, 1.54) is 12.8 Å². The Morgan fingerprint density at radius 1 is 0.771 bits per heavy atom. The summed E-state index contributed by atoms with van der Waals surface area (Å²) in [7, 11) is 1.56. The molecule has 1 unspecified atom stereocenters. The highest BCUT2D eigenvalue weighted by Gasteiger charge is 2.14. The molecule has 3 aromatic carbocycles. The molecule has 0 N–H and O–H groups in total. The predicted molar refractivity (Wildman–Crippen MR) is 135 cm³/mol. The normalized spacial score (nSPS) is 11.4. The summed E-state index contributed by atoms with van der Waals surface area (Å²) in [5, 5.41) is 0. The minimum Gasteiger partial charge on any atom is -0.497 e. The van der Waals surface area contributed by atoms with Gasteiger partial charge in [0.15, 0.2) is 0 Å². The van der Waals surface area contributed by atoms with Crippen LogP contribution < -0.4 is 18.9 Å². The predicted octanol–water partition coefficient (Wildman–Crippen LogP) is 6.79. The number of ether oxygens (including phenoxy) is 4. The molecular formula is C29H32O6. The third-order valence-electron chi connectivity index (χ3n) is 5.53. The standard InChI is InChI=1S/C29H32O6/c1-5-6-7-8-21(3)33-25-15-11-23(12-16-25)29(31)35-27-18-17-26(19-20(27)2)34-28(30)22-9-13-24(32-4)14-10-22/h9-19,21H,5-8H2,1-4H3. The van der Waals surface area contributed by atoms with Crippen LogP contribution in [0.4, 0.5) is 0 Å². The van der Waals surface area contributed by atoms with Crippen LogP contribution in [0.5, 0.6) is 23.0 Å². The Labute approximate surface area is 206 Å². The van der Waals surface area contributed by atoms with Crippen molar-refractivity contribution in [2.45, 2.75) is 52.6 Å². The molecule has 0 aliphatic carbocycles. The van der Waals surface area contributed by atoms with Gasteiger partial charge in [0.05, 0.1) is 24.3 Å². The third kappa shape index (κ3) is 7.60. The zero-order chi connectivity index (χ0) is 25.2. The monoisotopic (exact) mass is 476 g/mol. The molecule has 3 aromatic rings. The lowest BCUT2D eigenvalue weighted by atomic mass is 10.1. The summed E-state index contributed by atoms with van der Waals surface area (Å²) in [6, 6.07) is 18.4. The average Bonchev–Trinajstić information content (AvgIpc) is 2.86. The van der Waals surface area contributed by atoms with Crippen LogP contribution in [0, 0.1) is 6.92 Å². The van der Waals surface area contributed by atoms with Gasteiger partial charge >= 0.3 is 11.9 Å². The average molecular weight is 477 g/mol. The topological polar surface area (TPSA) is 71.1 Å². The molecule has 0 radical (unpaired) electrons. The first-order chi connectivity index (χ1) is 16.9. The fourth-order valence-corrected chi connectivity index (χ4v) is 3.49. The van der Waals surface area contributed by atoms with Crippen molar-refractivity contribution in [3.8, 4) is 23.0 Å². The Morgan fingerprint density at radius 2 is 1.34 bits per heavy atom. The van der Waals surface area contributed by atoms with Crippen LogP contribution in [-0.4, -0.2) is 25.2 Å². The molecule has 0 aliphatic rings. The number of esters is 2. The number of rotatable bonds is 11. The molecule has 0 aliphatic heterocycles. The van der Waals surface area contributed by atoms with Gasteiger partial charge in [-0.2, -0.15) is 0 Å². The van der Waals surface area contributed by atoms with Gasteiger partial charge in [-0.15, -0.1) is 0 Å². The maximum absolute atomic E-state index is 12.6. The Hall–Kier alpha value is -3.80. The van der Waals surface area contributed by atoms with Crippen molar-refractivity contribution in [2.75, 3.05) is 7.11 Å². The van der Waals surface area contributed by atoms with Gasteiger partial charge in [-0.1, -0.05) is 19.8 Å². The molecule has 35 heavy (non-hydrogen) atoms. The van der Waals surface area contributed by atoms with Crippen LogP contribution in [0.25, 0.3) is 0 Å². The van der Waals surface area contributed by atoms with Crippen LogP contribution in [0.1, 0.15) is 65.8 Å². The van der Waals surface area contributed by atoms with Gasteiger partial charge < -0.3 is 18.9 Å². The summed E-state index contributed by atoms with van der Waals surface area (Å²) < 4.78 is 22.0. The van der Waals surface area contributed by atoms with E-state index in [-0.39, 0.29) is 6.10 Å². The molecule has 184 valence electrons. The highest BCUT2D eigenvalue weighted by atomic mass is 16.5. The lowest BCUT2D eigenvalue weighted by molar-refractivity contribution is 0.0718. The SMILES string of the molecule is CCCCCC(C)Oc1ccc(C(=O)Oc2ccc(OC(=O)c3ccc(OC)cc3)cc2C)cc1. The Kier molecular flexibility index (Phi) is 9.30. The molecule has 0 aromatic heterocycles. The van der Waals surface area contributed by atoms with Crippen LogP contribution in [0.15, 0.2) is 66.7 Å². The summed E-state index contributed by atoms with van der Waals surface area (Å²) in [6.45, 7) is 6.01. The van der Waals surface area contributed by atoms with Crippen LogP contribution in [0.3, 0.4) is 0 Å². The lowest BCUT2D eigenvalue weighted by Gasteiger charge is -2.15. The highest BCUT2D eigenvalue weighted by molar-refractivity contribution is 5.92. The fourth-order valence-electron chi connectivity index (χ4n) is 3.49. The Morgan fingerprint density at radius 3 is 1.91 bits per heavy atom. The molecule has 6 nitrogen and oxygen atoms in total. The van der Waals surface area contributed by atoms with E-state index in [4.69, 9.17) is 18.9 Å². The largest absolute Gasteiger partial charge is 0.497 e. The molecule has 0 saturated heterocycles. The number of carbonyl (C=O) groups is 2.